The highest BCUT2D eigenvalue weighted by Crippen LogP contribution is 2.22. The first kappa shape index (κ1) is 22.2. The number of hydrogen-bond acceptors (Lipinski definition) is 5. The Morgan fingerprint density at radius 3 is 2.70 bits per heavy atom. The summed E-state index contributed by atoms with van der Waals surface area (Å²) >= 11 is 0. The van der Waals surface area contributed by atoms with E-state index in [0.717, 1.165) is 24.4 Å². The van der Waals surface area contributed by atoms with Crippen molar-refractivity contribution in [1.29, 1.82) is 0 Å². The lowest BCUT2D eigenvalue weighted by Gasteiger charge is -2.32. The normalized spacial score (nSPS) is 17.3. The molecule has 0 saturated heterocycles. The fraction of sp³-hybridized carbons (Fsp3) is 0.727. The highest BCUT2D eigenvalue weighted by atomic mass is 16.5. The van der Waals surface area contributed by atoms with Crippen molar-refractivity contribution < 1.29 is 14.6 Å². The van der Waals surface area contributed by atoms with Crippen molar-refractivity contribution in [3.05, 3.63) is 29.8 Å². The van der Waals surface area contributed by atoms with Gasteiger partial charge in [0.25, 0.3) is 0 Å². The second-order valence-corrected chi connectivity index (χ2v) is 8.41. The van der Waals surface area contributed by atoms with Crippen molar-refractivity contribution in [2.24, 2.45) is 0 Å². The molecule has 0 aliphatic heterocycles. The van der Waals surface area contributed by atoms with Gasteiger partial charge in [-0.25, -0.2) is 0 Å². The number of aliphatic hydroxyl groups excluding tert-OH is 1. The van der Waals surface area contributed by atoms with Gasteiger partial charge in [0.05, 0.1) is 5.60 Å². The number of nitrogens with zero attached hydrogens (tertiary/aromatic N) is 1. The Morgan fingerprint density at radius 2 is 2.00 bits per heavy atom. The minimum Gasteiger partial charge on any atom is -0.491 e. The topological polar surface area (TPSA) is 54.0 Å². The third-order valence-corrected chi connectivity index (χ3v) is 5.47. The number of aliphatic hydroxyl groups is 1. The van der Waals surface area contributed by atoms with Crippen LogP contribution < -0.4 is 10.1 Å². The molecule has 0 heterocycles. The maximum atomic E-state index is 10.3. The summed E-state index contributed by atoms with van der Waals surface area (Å²) in [5.74, 6) is 0.805. The Hall–Kier alpha value is -1.14. The Balaban J connectivity index is 1.73. The summed E-state index contributed by atoms with van der Waals surface area (Å²) in [6.07, 6.45) is 6.00. The zero-order valence-corrected chi connectivity index (χ0v) is 17.5. The number of rotatable bonds is 11. The van der Waals surface area contributed by atoms with Gasteiger partial charge >= 0.3 is 0 Å². The minimum absolute atomic E-state index is 0.178. The van der Waals surface area contributed by atoms with Gasteiger partial charge in [0.1, 0.15) is 18.5 Å². The summed E-state index contributed by atoms with van der Waals surface area (Å²) in [6.45, 7) is 6.65. The van der Waals surface area contributed by atoms with Crippen LogP contribution in [-0.2, 0) is 11.3 Å². The lowest BCUT2D eigenvalue weighted by Crippen LogP contribution is -2.40. The lowest BCUT2D eigenvalue weighted by molar-refractivity contribution is 0.0230. The van der Waals surface area contributed by atoms with Crippen molar-refractivity contribution in [3.8, 4) is 5.75 Å². The number of likely N-dealkylation sites (N-methyl/N-ethyl adjacent to an activating group) is 1. The molecule has 1 aliphatic carbocycles. The van der Waals surface area contributed by atoms with Crippen LogP contribution in [0.25, 0.3) is 0 Å². The van der Waals surface area contributed by atoms with Crippen molar-refractivity contribution in [3.63, 3.8) is 0 Å². The van der Waals surface area contributed by atoms with Gasteiger partial charge in [-0.1, -0.05) is 31.4 Å². The van der Waals surface area contributed by atoms with E-state index >= 15 is 0 Å². The predicted octanol–water partition coefficient (Wildman–Crippen LogP) is 3.21. The van der Waals surface area contributed by atoms with E-state index in [9.17, 15) is 5.11 Å². The van der Waals surface area contributed by atoms with E-state index in [4.69, 9.17) is 9.47 Å². The molecule has 1 fully saturated rings. The molecule has 1 aromatic carbocycles. The molecule has 27 heavy (non-hydrogen) atoms. The van der Waals surface area contributed by atoms with Crippen LogP contribution in [0.5, 0.6) is 5.75 Å². The molecular formula is C22H38N2O3. The van der Waals surface area contributed by atoms with E-state index in [1.54, 1.807) is 7.11 Å². The predicted molar refractivity (Wildman–Crippen MR) is 110 cm³/mol. The van der Waals surface area contributed by atoms with Crippen LogP contribution in [0.2, 0.25) is 0 Å². The molecule has 0 amide bonds. The molecule has 0 radical (unpaired) electrons. The van der Waals surface area contributed by atoms with Gasteiger partial charge in [-0.05, 0) is 51.4 Å². The standard InChI is InChI=1S/C22H38N2O3/c1-22(2,26-4)17-23-14-18-9-8-12-21(13-18)27-16-20(25)15-24(3)19-10-6-5-7-11-19/h8-9,12-13,19-20,23,25H,5-7,10-11,14-17H2,1-4H3. The molecule has 1 saturated carbocycles. The highest BCUT2D eigenvalue weighted by Gasteiger charge is 2.20. The van der Waals surface area contributed by atoms with Gasteiger partial charge in [0.2, 0.25) is 0 Å². The van der Waals surface area contributed by atoms with Crippen LogP contribution in [0.4, 0.5) is 0 Å². The average molecular weight is 379 g/mol. The maximum absolute atomic E-state index is 10.3. The number of ether oxygens (including phenoxy) is 2. The molecule has 1 aliphatic rings. The van der Waals surface area contributed by atoms with E-state index in [1.807, 2.05) is 18.2 Å². The molecule has 1 unspecified atom stereocenters. The lowest BCUT2D eigenvalue weighted by atomic mass is 9.94. The molecule has 1 aromatic rings. The summed E-state index contributed by atoms with van der Waals surface area (Å²) in [5, 5.41) is 13.8. The van der Waals surface area contributed by atoms with Crippen LogP contribution >= 0.6 is 0 Å². The van der Waals surface area contributed by atoms with Gasteiger partial charge in [0.15, 0.2) is 0 Å². The number of methoxy groups -OCH3 is 1. The molecule has 5 heteroatoms. The fourth-order valence-corrected chi connectivity index (χ4v) is 3.57. The molecule has 154 valence electrons. The van der Waals surface area contributed by atoms with E-state index in [1.165, 1.54) is 32.1 Å². The van der Waals surface area contributed by atoms with Crippen LogP contribution in [0.3, 0.4) is 0 Å². The van der Waals surface area contributed by atoms with Crippen molar-refractivity contribution in [2.75, 3.05) is 33.9 Å². The molecule has 0 bridgehead atoms. The quantitative estimate of drug-likeness (QED) is 0.619. The van der Waals surface area contributed by atoms with E-state index in [0.29, 0.717) is 19.2 Å². The van der Waals surface area contributed by atoms with Crippen molar-refractivity contribution >= 4 is 0 Å². The summed E-state index contributed by atoms with van der Waals surface area (Å²) in [6, 6.07) is 8.66. The van der Waals surface area contributed by atoms with Gasteiger partial charge < -0.3 is 24.8 Å². The molecule has 1 atom stereocenters. The first-order valence-electron chi connectivity index (χ1n) is 10.3. The summed E-state index contributed by atoms with van der Waals surface area (Å²) in [5.41, 5.74) is 0.982. The van der Waals surface area contributed by atoms with E-state index in [2.05, 4.69) is 37.2 Å². The fourth-order valence-electron chi connectivity index (χ4n) is 3.57. The zero-order valence-electron chi connectivity index (χ0n) is 17.5. The molecule has 5 nitrogen and oxygen atoms in total. The summed E-state index contributed by atoms with van der Waals surface area (Å²) in [7, 11) is 3.85. The first-order chi connectivity index (χ1) is 12.9. The number of nitrogens with one attached hydrogen (secondary N) is 1. The third-order valence-electron chi connectivity index (χ3n) is 5.47. The summed E-state index contributed by atoms with van der Waals surface area (Å²) < 4.78 is 11.3. The zero-order chi connectivity index (χ0) is 19.7. The Morgan fingerprint density at radius 1 is 1.26 bits per heavy atom. The van der Waals surface area contributed by atoms with Gasteiger partial charge in [-0.2, -0.15) is 0 Å². The molecule has 2 N–H and O–H groups in total. The van der Waals surface area contributed by atoms with Gasteiger partial charge in [-0.15, -0.1) is 0 Å². The first-order valence-corrected chi connectivity index (χ1v) is 10.3. The van der Waals surface area contributed by atoms with Crippen molar-refractivity contribution in [2.45, 2.75) is 70.2 Å². The monoisotopic (exact) mass is 378 g/mol. The Kier molecular flexibility index (Phi) is 9.03. The molecule has 0 spiro atoms. The smallest absolute Gasteiger partial charge is 0.119 e. The van der Waals surface area contributed by atoms with E-state index < -0.39 is 6.10 Å². The van der Waals surface area contributed by atoms with Gasteiger partial charge in [-0.3, -0.25) is 0 Å². The number of hydrogen-bond donors (Lipinski definition) is 2. The van der Waals surface area contributed by atoms with Crippen LogP contribution in [-0.4, -0.2) is 61.6 Å². The molecular weight excluding hydrogens is 340 g/mol. The second kappa shape index (κ2) is 11.0. The third kappa shape index (κ3) is 8.18. The van der Waals surface area contributed by atoms with Crippen LogP contribution in [0.15, 0.2) is 24.3 Å². The Bertz CT molecular complexity index is 544. The SMILES string of the molecule is COC(C)(C)CNCc1cccc(OCC(O)CN(C)C2CCCCC2)c1. The highest BCUT2D eigenvalue weighted by molar-refractivity contribution is 5.28. The second-order valence-electron chi connectivity index (χ2n) is 8.41. The molecule has 0 aromatic heterocycles. The van der Waals surface area contributed by atoms with Crippen LogP contribution in [0.1, 0.15) is 51.5 Å². The van der Waals surface area contributed by atoms with Crippen molar-refractivity contribution in [1.82, 2.24) is 10.2 Å². The maximum Gasteiger partial charge on any atom is 0.119 e. The summed E-state index contributed by atoms with van der Waals surface area (Å²) in [4.78, 5) is 2.30. The van der Waals surface area contributed by atoms with Gasteiger partial charge in [0, 0.05) is 32.8 Å². The van der Waals surface area contributed by atoms with Crippen LogP contribution in [0, 0.1) is 0 Å². The Labute approximate surface area is 165 Å². The van der Waals surface area contributed by atoms with E-state index in [-0.39, 0.29) is 5.60 Å². The minimum atomic E-state index is -0.471. The molecule has 2 rings (SSSR count). The average Bonchev–Trinajstić information content (AvgIpc) is 2.67. The largest absolute Gasteiger partial charge is 0.491 e. The number of benzene rings is 1.